The number of hydrogen-bond acceptors (Lipinski definition) is 2. The maximum atomic E-state index is 10.6. The molecule has 2 heteroatoms. The third kappa shape index (κ3) is 7.68. The molecule has 2 rings (SSSR count). The van der Waals surface area contributed by atoms with Crippen LogP contribution in [0, 0.1) is 19.3 Å². The van der Waals surface area contributed by atoms with Crippen molar-refractivity contribution in [3.8, 4) is 0 Å². The summed E-state index contributed by atoms with van der Waals surface area (Å²) in [7, 11) is 0. The standard InChI is InChI=1S/C25H40O2/c1-20-17-22(11-7-6-9-13-24(3,4)5)18-23(21(20)2)12-8-10-14-25(15-16-25)27-19-26/h17-19H,6-16H2,1-5H3. The zero-order valence-electron chi connectivity index (χ0n) is 18.3. The third-order valence-electron chi connectivity index (χ3n) is 6.16. The van der Waals surface area contributed by atoms with Gasteiger partial charge in [-0.2, -0.15) is 0 Å². The minimum atomic E-state index is -0.0956. The average Bonchev–Trinajstić information content (AvgIpc) is 3.34. The highest BCUT2D eigenvalue weighted by atomic mass is 16.5. The molecule has 1 aromatic carbocycles. The number of ether oxygens (including phenoxy) is 1. The first-order valence-electron chi connectivity index (χ1n) is 11.0. The molecule has 0 heterocycles. The Hall–Kier alpha value is -1.31. The number of hydrogen-bond donors (Lipinski definition) is 0. The highest BCUT2D eigenvalue weighted by Crippen LogP contribution is 2.43. The number of aryl methyl sites for hydroxylation is 3. The van der Waals surface area contributed by atoms with E-state index in [0.29, 0.717) is 11.9 Å². The fourth-order valence-electron chi connectivity index (χ4n) is 4.01. The van der Waals surface area contributed by atoms with Gasteiger partial charge in [-0.05, 0) is 99.3 Å². The van der Waals surface area contributed by atoms with Crippen LogP contribution in [0.15, 0.2) is 12.1 Å². The van der Waals surface area contributed by atoms with E-state index in [0.717, 1.165) is 32.1 Å². The summed E-state index contributed by atoms with van der Waals surface area (Å²) in [6, 6.07) is 4.83. The fourth-order valence-corrected chi connectivity index (χ4v) is 4.01. The predicted molar refractivity (Wildman–Crippen MR) is 114 cm³/mol. The molecule has 0 amide bonds. The van der Waals surface area contributed by atoms with Gasteiger partial charge in [0.15, 0.2) is 0 Å². The first-order valence-corrected chi connectivity index (χ1v) is 11.0. The minimum Gasteiger partial charge on any atom is -0.461 e. The van der Waals surface area contributed by atoms with E-state index >= 15 is 0 Å². The molecule has 0 saturated heterocycles. The van der Waals surface area contributed by atoms with Crippen LogP contribution in [0.2, 0.25) is 0 Å². The Balaban J connectivity index is 1.77. The lowest BCUT2D eigenvalue weighted by Crippen LogP contribution is -2.12. The number of rotatable bonds is 12. The monoisotopic (exact) mass is 372 g/mol. The van der Waals surface area contributed by atoms with Crippen LogP contribution in [0.5, 0.6) is 0 Å². The van der Waals surface area contributed by atoms with Crippen molar-refractivity contribution < 1.29 is 9.53 Å². The second-order valence-corrected chi connectivity index (χ2v) is 9.92. The summed E-state index contributed by atoms with van der Waals surface area (Å²) in [4.78, 5) is 10.6. The fraction of sp³-hybridized carbons (Fsp3) is 0.720. The van der Waals surface area contributed by atoms with Gasteiger partial charge in [-0.1, -0.05) is 45.7 Å². The van der Waals surface area contributed by atoms with Gasteiger partial charge >= 0.3 is 0 Å². The summed E-state index contributed by atoms with van der Waals surface area (Å²) in [6.45, 7) is 12.1. The van der Waals surface area contributed by atoms with Crippen molar-refractivity contribution in [1.82, 2.24) is 0 Å². The summed E-state index contributed by atoms with van der Waals surface area (Å²) in [5, 5.41) is 0. The Morgan fingerprint density at radius 3 is 2.33 bits per heavy atom. The van der Waals surface area contributed by atoms with Gasteiger partial charge in [-0.15, -0.1) is 0 Å². The van der Waals surface area contributed by atoms with E-state index in [4.69, 9.17) is 4.74 Å². The molecule has 1 saturated carbocycles. The van der Waals surface area contributed by atoms with Crippen LogP contribution in [0.25, 0.3) is 0 Å². The van der Waals surface area contributed by atoms with Gasteiger partial charge in [0.2, 0.25) is 0 Å². The van der Waals surface area contributed by atoms with E-state index in [-0.39, 0.29) is 5.60 Å². The summed E-state index contributed by atoms with van der Waals surface area (Å²) < 4.78 is 5.26. The van der Waals surface area contributed by atoms with Crippen LogP contribution in [0.4, 0.5) is 0 Å². The van der Waals surface area contributed by atoms with Crippen LogP contribution in [-0.4, -0.2) is 12.1 Å². The van der Waals surface area contributed by atoms with Gasteiger partial charge in [0, 0.05) is 0 Å². The Kier molecular flexibility index (Phi) is 7.94. The van der Waals surface area contributed by atoms with E-state index in [2.05, 4.69) is 46.8 Å². The Labute approximate surface area is 167 Å². The normalized spacial score (nSPS) is 15.6. The molecule has 1 aromatic rings. The zero-order valence-corrected chi connectivity index (χ0v) is 18.3. The first kappa shape index (κ1) is 22.0. The highest BCUT2D eigenvalue weighted by Gasteiger charge is 2.44. The molecule has 152 valence electrons. The lowest BCUT2D eigenvalue weighted by molar-refractivity contribution is -0.135. The number of carbonyl (C=O) groups excluding carboxylic acids is 1. The van der Waals surface area contributed by atoms with Crippen molar-refractivity contribution in [3.05, 3.63) is 34.4 Å². The molecule has 0 atom stereocenters. The largest absolute Gasteiger partial charge is 0.461 e. The summed E-state index contributed by atoms with van der Waals surface area (Å²) in [5.41, 5.74) is 6.27. The van der Waals surface area contributed by atoms with Crippen molar-refractivity contribution in [2.75, 3.05) is 0 Å². The lowest BCUT2D eigenvalue weighted by Gasteiger charge is -2.17. The van der Waals surface area contributed by atoms with Gasteiger partial charge < -0.3 is 4.74 Å². The van der Waals surface area contributed by atoms with Gasteiger partial charge in [0.05, 0.1) is 0 Å². The van der Waals surface area contributed by atoms with Crippen LogP contribution >= 0.6 is 0 Å². The smallest absolute Gasteiger partial charge is 0.293 e. The van der Waals surface area contributed by atoms with Crippen LogP contribution in [0.3, 0.4) is 0 Å². The molecule has 0 bridgehead atoms. The second kappa shape index (κ2) is 9.75. The van der Waals surface area contributed by atoms with E-state index in [1.807, 2.05) is 0 Å². The van der Waals surface area contributed by atoms with E-state index in [1.54, 1.807) is 0 Å². The summed E-state index contributed by atoms with van der Waals surface area (Å²) >= 11 is 0. The van der Waals surface area contributed by atoms with E-state index in [9.17, 15) is 4.79 Å². The molecule has 27 heavy (non-hydrogen) atoms. The van der Waals surface area contributed by atoms with Crippen molar-refractivity contribution in [2.24, 2.45) is 5.41 Å². The highest BCUT2D eigenvalue weighted by molar-refractivity contribution is 5.39. The van der Waals surface area contributed by atoms with Crippen LogP contribution in [0.1, 0.15) is 101 Å². The van der Waals surface area contributed by atoms with Crippen molar-refractivity contribution >= 4 is 6.47 Å². The maximum absolute atomic E-state index is 10.6. The maximum Gasteiger partial charge on any atom is 0.293 e. The van der Waals surface area contributed by atoms with Gasteiger partial charge in [-0.3, -0.25) is 4.79 Å². The SMILES string of the molecule is Cc1cc(CCCCCC(C)(C)C)cc(CCCCC2(OC=O)CC2)c1C. The topological polar surface area (TPSA) is 26.3 Å². The Bertz CT molecular complexity index is 605. The number of benzene rings is 1. The van der Waals surface area contributed by atoms with Gasteiger partial charge in [0.1, 0.15) is 5.60 Å². The molecule has 0 aliphatic heterocycles. The molecular weight excluding hydrogens is 332 g/mol. The first-order chi connectivity index (χ1) is 12.7. The van der Waals surface area contributed by atoms with Crippen LogP contribution in [-0.2, 0) is 22.4 Å². The zero-order chi connectivity index (χ0) is 19.9. The molecule has 0 aromatic heterocycles. The Morgan fingerprint density at radius 1 is 1.00 bits per heavy atom. The third-order valence-corrected chi connectivity index (χ3v) is 6.16. The molecule has 0 spiro atoms. The minimum absolute atomic E-state index is 0.0956. The molecule has 0 unspecified atom stereocenters. The number of carbonyl (C=O) groups is 1. The molecule has 2 nitrogen and oxygen atoms in total. The van der Waals surface area contributed by atoms with Crippen LogP contribution < -0.4 is 0 Å². The van der Waals surface area contributed by atoms with Gasteiger partial charge in [-0.25, -0.2) is 0 Å². The second-order valence-electron chi connectivity index (χ2n) is 9.92. The Morgan fingerprint density at radius 2 is 1.70 bits per heavy atom. The summed E-state index contributed by atoms with van der Waals surface area (Å²) in [6.07, 6.45) is 13.1. The summed E-state index contributed by atoms with van der Waals surface area (Å²) in [5.74, 6) is 0. The molecule has 1 fully saturated rings. The quantitative estimate of drug-likeness (QED) is 0.295. The predicted octanol–water partition coefficient (Wildman–Crippen LogP) is 6.87. The molecule has 0 radical (unpaired) electrons. The van der Waals surface area contributed by atoms with E-state index < -0.39 is 0 Å². The average molecular weight is 373 g/mol. The lowest BCUT2D eigenvalue weighted by atomic mass is 9.89. The van der Waals surface area contributed by atoms with E-state index in [1.165, 1.54) is 60.8 Å². The van der Waals surface area contributed by atoms with Crippen molar-refractivity contribution in [3.63, 3.8) is 0 Å². The van der Waals surface area contributed by atoms with Gasteiger partial charge in [0.25, 0.3) is 6.47 Å². The molecule has 1 aliphatic rings. The molecular formula is C25H40O2. The van der Waals surface area contributed by atoms with Crippen molar-refractivity contribution in [2.45, 2.75) is 111 Å². The molecule has 0 N–H and O–H groups in total. The molecule has 1 aliphatic carbocycles. The number of unbranched alkanes of at least 4 members (excludes halogenated alkanes) is 3. The van der Waals surface area contributed by atoms with Crippen molar-refractivity contribution in [1.29, 1.82) is 0 Å².